The van der Waals surface area contributed by atoms with Gasteiger partial charge >= 0.3 is 7.12 Å². The fourth-order valence-electron chi connectivity index (χ4n) is 2.08. The van der Waals surface area contributed by atoms with E-state index in [0.717, 1.165) is 31.7 Å². The molecule has 0 atom stereocenters. The van der Waals surface area contributed by atoms with Gasteiger partial charge in [-0.05, 0) is 25.8 Å². The van der Waals surface area contributed by atoms with E-state index >= 15 is 0 Å². The minimum atomic E-state index is -1.43. The van der Waals surface area contributed by atoms with Crippen LogP contribution in [0.1, 0.15) is 30.1 Å². The van der Waals surface area contributed by atoms with Gasteiger partial charge in [0.1, 0.15) is 0 Å². The van der Waals surface area contributed by atoms with Gasteiger partial charge in [0.2, 0.25) is 0 Å². The summed E-state index contributed by atoms with van der Waals surface area (Å²) in [4.78, 5) is 4.44. The van der Waals surface area contributed by atoms with Crippen molar-refractivity contribution in [2.24, 2.45) is 0 Å². The Labute approximate surface area is 95.4 Å². The normalized spacial score (nSPS) is 17.4. The predicted molar refractivity (Wildman–Crippen MR) is 61.6 cm³/mol. The van der Waals surface area contributed by atoms with Gasteiger partial charge in [-0.15, -0.1) is 0 Å². The van der Waals surface area contributed by atoms with Gasteiger partial charge in [-0.25, -0.2) is 0 Å². The Morgan fingerprint density at radius 2 is 2.00 bits per heavy atom. The van der Waals surface area contributed by atoms with Gasteiger partial charge in [0.05, 0.1) is 0 Å². The number of aromatic nitrogens is 1. The van der Waals surface area contributed by atoms with Crippen LogP contribution in [0.2, 0.25) is 0 Å². The number of aryl methyl sites for hydroxylation is 1. The molecule has 2 N–H and O–H groups in total. The maximum Gasteiger partial charge on any atom is 0.490 e. The molecule has 1 saturated heterocycles. The molecule has 0 saturated carbocycles. The van der Waals surface area contributed by atoms with Gasteiger partial charge in [0.15, 0.2) is 0 Å². The minimum absolute atomic E-state index is 0.442. The summed E-state index contributed by atoms with van der Waals surface area (Å²) in [5.41, 5.74) is 2.21. The quantitative estimate of drug-likeness (QED) is 0.688. The molecular weight excluding hydrogens is 205 g/mol. The first-order chi connectivity index (χ1) is 7.68. The lowest BCUT2D eigenvalue weighted by atomic mass is 9.78. The maximum atomic E-state index is 9.10. The summed E-state index contributed by atoms with van der Waals surface area (Å²) in [6.07, 6.45) is 1.99. The molecular formula is C11H16BNO3. The van der Waals surface area contributed by atoms with Crippen LogP contribution in [-0.4, -0.2) is 35.4 Å². The van der Waals surface area contributed by atoms with Crippen molar-refractivity contribution in [1.82, 2.24) is 4.98 Å². The lowest BCUT2D eigenvalue weighted by Gasteiger charge is -2.22. The molecule has 1 aliphatic rings. The van der Waals surface area contributed by atoms with Crippen LogP contribution in [0.4, 0.5) is 0 Å². The molecule has 16 heavy (non-hydrogen) atoms. The number of ether oxygens (including phenoxy) is 1. The molecule has 1 aromatic heterocycles. The van der Waals surface area contributed by atoms with E-state index in [1.165, 1.54) is 0 Å². The Hall–Kier alpha value is -0.905. The molecule has 4 nitrogen and oxygen atoms in total. The smallest absolute Gasteiger partial charge is 0.423 e. The Morgan fingerprint density at radius 1 is 1.31 bits per heavy atom. The first kappa shape index (κ1) is 11.6. The summed E-state index contributed by atoms with van der Waals surface area (Å²) in [5, 5.41) is 18.2. The molecule has 1 aliphatic heterocycles. The van der Waals surface area contributed by atoms with E-state index < -0.39 is 7.12 Å². The van der Waals surface area contributed by atoms with Crippen LogP contribution >= 0.6 is 0 Å². The summed E-state index contributed by atoms with van der Waals surface area (Å²) < 4.78 is 5.31. The monoisotopic (exact) mass is 221 g/mol. The van der Waals surface area contributed by atoms with Crippen LogP contribution in [0.15, 0.2) is 12.1 Å². The zero-order chi connectivity index (χ0) is 11.5. The maximum absolute atomic E-state index is 9.10. The van der Waals surface area contributed by atoms with E-state index in [1.54, 1.807) is 13.0 Å². The van der Waals surface area contributed by atoms with Crippen molar-refractivity contribution in [3.63, 3.8) is 0 Å². The number of hydrogen-bond acceptors (Lipinski definition) is 4. The fraction of sp³-hybridized carbons (Fsp3) is 0.545. The van der Waals surface area contributed by atoms with Crippen LogP contribution in [0, 0.1) is 6.92 Å². The van der Waals surface area contributed by atoms with Gasteiger partial charge in [-0.1, -0.05) is 6.07 Å². The van der Waals surface area contributed by atoms with Crippen molar-refractivity contribution in [1.29, 1.82) is 0 Å². The van der Waals surface area contributed by atoms with Crippen molar-refractivity contribution in [3.05, 3.63) is 23.5 Å². The molecule has 2 heterocycles. The highest BCUT2D eigenvalue weighted by molar-refractivity contribution is 6.59. The molecule has 1 fully saturated rings. The van der Waals surface area contributed by atoms with Crippen molar-refractivity contribution in [2.75, 3.05) is 13.2 Å². The van der Waals surface area contributed by atoms with Gasteiger partial charge in [0.25, 0.3) is 0 Å². The van der Waals surface area contributed by atoms with Crippen molar-refractivity contribution < 1.29 is 14.8 Å². The highest BCUT2D eigenvalue weighted by atomic mass is 16.5. The lowest BCUT2D eigenvalue weighted by Crippen LogP contribution is -2.33. The molecule has 5 heteroatoms. The minimum Gasteiger partial charge on any atom is -0.423 e. The molecule has 0 aliphatic carbocycles. The predicted octanol–water partition coefficient (Wildman–Crippen LogP) is -0.0362. The molecule has 0 radical (unpaired) electrons. The summed E-state index contributed by atoms with van der Waals surface area (Å²) in [6.45, 7) is 3.38. The highest BCUT2D eigenvalue weighted by Crippen LogP contribution is 2.24. The second-order valence-corrected chi connectivity index (χ2v) is 4.17. The largest absolute Gasteiger partial charge is 0.490 e. The van der Waals surface area contributed by atoms with E-state index in [1.807, 2.05) is 6.07 Å². The second-order valence-electron chi connectivity index (χ2n) is 4.17. The van der Waals surface area contributed by atoms with Crippen LogP contribution < -0.4 is 5.46 Å². The van der Waals surface area contributed by atoms with Crippen LogP contribution in [0.25, 0.3) is 0 Å². The molecule has 2 rings (SSSR count). The highest BCUT2D eigenvalue weighted by Gasteiger charge is 2.20. The zero-order valence-electron chi connectivity index (χ0n) is 9.39. The third-order valence-corrected chi connectivity index (χ3v) is 3.07. The number of pyridine rings is 1. The summed E-state index contributed by atoms with van der Waals surface area (Å²) in [7, 11) is -1.43. The Balaban J connectivity index is 2.19. The third kappa shape index (κ3) is 2.43. The lowest BCUT2D eigenvalue weighted by molar-refractivity contribution is 0.0845. The van der Waals surface area contributed by atoms with E-state index in [-0.39, 0.29) is 0 Å². The van der Waals surface area contributed by atoms with E-state index in [0.29, 0.717) is 17.1 Å². The number of nitrogens with zero attached hydrogens (tertiary/aromatic N) is 1. The molecule has 0 spiro atoms. The van der Waals surface area contributed by atoms with Gasteiger partial charge in [-0.3, -0.25) is 4.98 Å². The SMILES string of the molecule is Cc1nc(C2CCOCC2)ccc1B(O)O. The topological polar surface area (TPSA) is 62.6 Å². The summed E-state index contributed by atoms with van der Waals surface area (Å²) in [5.74, 6) is 0.442. The van der Waals surface area contributed by atoms with Crippen molar-refractivity contribution in [2.45, 2.75) is 25.7 Å². The molecule has 1 aromatic rings. The molecule has 0 amide bonds. The van der Waals surface area contributed by atoms with Gasteiger partial charge in [-0.2, -0.15) is 0 Å². The fourth-order valence-corrected chi connectivity index (χ4v) is 2.08. The first-order valence-corrected chi connectivity index (χ1v) is 5.60. The van der Waals surface area contributed by atoms with Gasteiger partial charge < -0.3 is 14.8 Å². The van der Waals surface area contributed by atoms with Crippen LogP contribution in [-0.2, 0) is 4.74 Å². The van der Waals surface area contributed by atoms with E-state index in [4.69, 9.17) is 14.8 Å². The summed E-state index contributed by atoms with van der Waals surface area (Å²) in [6, 6.07) is 3.63. The number of rotatable bonds is 2. The molecule has 0 bridgehead atoms. The molecule has 0 aromatic carbocycles. The Kier molecular flexibility index (Phi) is 3.58. The van der Waals surface area contributed by atoms with Gasteiger partial charge in [0, 0.05) is 36.0 Å². The standard InChI is InChI=1S/C11H16BNO3/c1-8-10(12(14)15)2-3-11(13-8)9-4-6-16-7-5-9/h2-3,9,14-15H,4-7H2,1H3. The summed E-state index contributed by atoms with van der Waals surface area (Å²) >= 11 is 0. The molecule has 86 valence electrons. The third-order valence-electron chi connectivity index (χ3n) is 3.07. The molecule has 0 unspecified atom stereocenters. The van der Waals surface area contributed by atoms with E-state index in [9.17, 15) is 0 Å². The average Bonchev–Trinajstić information content (AvgIpc) is 2.29. The Morgan fingerprint density at radius 3 is 2.56 bits per heavy atom. The van der Waals surface area contributed by atoms with Crippen LogP contribution in [0.5, 0.6) is 0 Å². The first-order valence-electron chi connectivity index (χ1n) is 5.60. The van der Waals surface area contributed by atoms with Crippen molar-refractivity contribution in [3.8, 4) is 0 Å². The Bertz CT molecular complexity index is 364. The number of hydrogen-bond donors (Lipinski definition) is 2. The second kappa shape index (κ2) is 4.95. The zero-order valence-corrected chi connectivity index (χ0v) is 9.39. The van der Waals surface area contributed by atoms with E-state index in [2.05, 4.69) is 4.98 Å². The van der Waals surface area contributed by atoms with Crippen LogP contribution in [0.3, 0.4) is 0 Å². The van der Waals surface area contributed by atoms with Crippen molar-refractivity contribution >= 4 is 12.6 Å². The average molecular weight is 221 g/mol.